The second kappa shape index (κ2) is 11.7. The maximum absolute atomic E-state index is 14.5. The number of benzene rings is 3. The third kappa shape index (κ3) is 5.48. The van der Waals surface area contributed by atoms with Crippen LogP contribution in [0.15, 0.2) is 83.8 Å². The summed E-state index contributed by atoms with van der Waals surface area (Å²) in [5, 5.41) is 4.58. The summed E-state index contributed by atoms with van der Waals surface area (Å²) in [6.07, 6.45) is 1.64. The van der Waals surface area contributed by atoms with E-state index in [0.717, 1.165) is 37.6 Å². The summed E-state index contributed by atoms with van der Waals surface area (Å²) in [6, 6.07) is 20.8. The van der Waals surface area contributed by atoms with E-state index < -0.39 is 17.2 Å². The van der Waals surface area contributed by atoms with E-state index in [9.17, 15) is 9.59 Å². The van der Waals surface area contributed by atoms with Crippen LogP contribution < -0.4 is 20.5 Å². The van der Waals surface area contributed by atoms with Gasteiger partial charge in [0.25, 0.3) is 5.56 Å². The molecule has 3 aromatic carbocycles. The first-order valence-corrected chi connectivity index (χ1v) is 15.9. The largest absolute Gasteiger partial charge is 0.484 e. The van der Waals surface area contributed by atoms with Crippen molar-refractivity contribution in [3.63, 3.8) is 0 Å². The number of halogens is 2. The third-order valence-electron chi connectivity index (χ3n) is 8.68. The molecule has 0 amide bonds. The van der Waals surface area contributed by atoms with Crippen molar-refractivity contribution >= 4 is 57.3 Å². The van der Waals surface area contributed by atoms with Crippen LogP contribution >= 0.6 is 23.2 Å². The molecule has 0 aliphatic carbocycles. The van der Waals surface area contributed by atoms with Gasteiger partial charge in [-0.3, -0.25) is 14.2 Å². The molecule has 2 aromatic heterocycles. The fourth-order valence-electron chi connectivity index (χ4n) is 6.26. The van der Waals surface area contributed by atoms with Gasteiger partial charge in [0.1, 0.15) is 23.0 Å². The number of ketones is 1. The maximum Gasteiger partial charge on any atom is 0.260 e. The van der Waals surface area contributed by atoms with E-state index >= 15 is 0 Å². The summed E-state index contributed by atoms with van der Waals surface area (Å²) in [4.78, 5) is 42.8. The molecule has 1 N–H and O–H groups in total. The zero-order valence-electron chi connectivity index (χ0n) is 25.6. The second-order valence-electron chi connectivity index (χ2n) is 12.3. The summed E-state index contributed by atoms with van der Waals surface area (Å²) >= 11 is 12.8. The van der Waals surface area contributed by atoms with E-state index in [4.69, 9.17) is 32.9 Å². The van der Waals surface area contributed by atoms with E-state index in [1.165, 1.54) is 4.57 Å². The molecule has 2 aliphatic heterocycles. The van der Waals surface area contributed by atoms with Gasteiger partial charge in [0.2, 0.25) is 5.95 Å². The quantitative estimate of drug-likeness (QED) is 0.220. The predicted octanol–water partition coefficient (Wildman–Crippen LogP) is 6.86. The van der Waals surface area contributed by atoms with Crippen LogP contribution in [-0.4, -0.2) is 64.0 Å². The van der Waals surface area contributed by atoms with E-state index in [2.05, 4.69) is 39.3 Å². The second-order valence-corrected chi connectivity index (χ2v) is 13.1. The van der Waals surface area contributed by atoms with Crippen molar-refractivity contribution in [1.82, 2.24) is 19.4 Å². The Morgan fingerprint density at radius 3 is 2.37 bits per heavy atom. The smallest absolute Gasteiger partial charge is 0.260 e. The van der Waals surface area contributed by atoms with Crippen molar-refractivity contribution in [3.8, 4) is 16.9 Å². The molecule has 234 valence electrons. The number of nitrogens with one attached hydrogen (secondary N) is 1. The molecule has 1 saturated heterocycles. The van der Waals surface area contributed by atoms with Gasteiger partial charge in [0.15, 0.2) is 5.78 Å². The Labute approximate surface area is 276 Å². The number of likely N-dealkylation sites (N-methyl/N-ethyl adjacent to an activating group) is 1. The zero-order chi connectivity index (χ0) is 32.2. The number of nitrogens with zero attached hydrogens (tertiary/aromatic N) is 5. The zero-order valence-corrected chi connectivity index (χ0v) is 27.1. The van der Waals surface area contributed by atoms with E-state index in [-0.39, 0.29) is 11.7 Å². The fraction of sp³-hybridized carbons (Fsp3) is 0.257. The number of rotatable bonds is 5. The third-order valence-corrected chi connectivity index (χ3v) is 9.22. The highest BCUT2D eigenvalue weighted by Crippen LogP contribution is 2.41. The number of aromatic nitrogens is 3. The number of hydrogen-bond acceptors (Lipinski definition) is 8. The molecule has 7 rings (SSSR count). The molecule has 0 spiro atoms. The van der Waals surface area contributed by atoms with E-state index in [1.807, 2.05) is 18.2 Å². The number of piperazine rings is 1. The SMILES string of the molecule is CN1CCN(c2ccc(Nc3ncc4cc(-c5ccc(Cl)cc5Cl)c(=O)n(C5C(=O)c6ccccc6OC5(C)C)c4n3)cc2)CC1. The molecule has 4 heterocycles. The highest BCUT2D eigenvalue weighted by molar-refractivity contribution is 6.36. The number of pyridine rings is 1. The molecule has 0 saturated carbocycles. The highest BCUT2D eigenvalue weighted by atomic mass is 35.5. The summed E-state index contributed by atoms with van der Waals surface area (Å²) in [7, 11) is 2.14. The number of Topliss-reactive ketones (excluding diaryl/α,β-unsaturated/α-hetero) is 1. The molecule has 0 bridgehead atoms. The Balaban J connectivity index is 1.34. The molecule has 1 unspecified atom stereocenters. The van der Waals surface area contributed by atoms with Gasteiger partial charge in [0.05, 0.1) is 10.6 Å². The lowest BCUT2D eigenvalue weighted by atomic mass is 9.86. The molecule has 1 atom stereocenters. The number of hydrogen-bond donors (Lipinski definition) is 1. The number of fused-ring (bicyclic) bond motifs is 2. The number of anilines is 3. The number of carbonyl (C=O) groups excluding carboxylic acids is 1. The Morgan fingerprint density at radius 1 is 0.891 bits per heavy atom. The van der Waals surface area contributed by atoms with Gasteiger partial charge in [-0.2, -0.15) is 4.98 Å². The first-order chi connectivity index (χ1) is 22.1. The van der Waals surface area contributed by atoms with Crippen LogP contribution in [0.25, 0.3) is 22.2 Å². The van der Waals surface area contributed by atoms with Gasteiger partial charge >= 0.3 is 0 Å². The van der Waals surface area contributed by atoms with Crippen LogP contribution in [-0.2, 0) is 0 Å². The summed E-state index contributed by atoms with van der Waals surface area (Å²) in [6.45, 7) is 7.59. The average molecular weight is 656 g/mol. The number of carbonyl (C=O) groups is 1. The summed E-state index contributed by atoms with van der Waals surface area (Å²) in [5.74, 6) is 0.509. The van der Waals surface area contributed by atoms with Gasteiger partial charge in [-0.15, -0.1) is 0 Å². The van der Waals surface area contributed by atoms with Gasteiger partial charge in [-0.1, -0.05) is 41.4 Å². The van der Waals surface area contributed by atoms with Crippen LogP contribution in [0.4, 0.5) is 17.3 Å². The monoisotopic (exact) mass is 654 g/mol. The molecule has 46 heavy (non-hydrogen) atoms. The summed E-state index contributed by atoms with van der Waals surface area (Å²) in [5.41, 5.74) is 1.88. The predicted molar refractivity (Wildman–Crippen MR) is 183 cm³/mol. The van der Waals surface area contributed by atoms with E-state index in [0.29, 0.717) is 43.5 Å². The Kier molecular flexibility index (Phi) is 7.71. The first-order valence-electron chi connectivity index (χ1n) is 15.1. The number of ether oxygens (including phenoxy) is 1. The van der Waals surface area contributed by atoms with Gasteiger partial charge in [-0.05, 0) is 75.5 Å². The Hall–Kier alpha value is -4.44. The molecular weight excluding hydrogens is 623 g/mol. The molecule has 9 nitrogen and oxygen atoms in total. The van der Waals surface area contributed by atoms with Crippen LogP contribution in [0, 0.1) is 0 Å². The lowest BCUT2D eigenvalue weighted by molar-refractivity contribution is 0.0305. The molecule has 2 aliphatic rings. The van der Waals surface area contributed by atoms with Gasteiger partial charge in [0, 0.05) is 65.3 Å². The summed E-state index contributed by atoms with van der Waals surface area (Å²) < 4.78 is 7.78. The van der Waals surface area contributed by atoms with Crippen molar-refractivity contribution < 1.29 is 9.53 Å². The maximum atomic E-state index is 14.5. The highest BCUT2D eigenvalue weighted by Gasteiger charge is 2.46. The lowest BCUT2D eigenvalue weighted by Crippen LogP contribution is -2.50. The minimum atomic E-state index is -1.10. The molecule has 5 aromatic rings. The topological polar surface area (TPSA) is 92.6 Å². The van der Waals surface area contributed by atoms with Crippen LogP contribution in [0.3, 0.4) is 0 Å². The van der Waals surface area contributed by atoms with Crippen molar-refractivity contribution in [2.75, 3.05) is 43.4 Å². The van der Waals surface area contributed by atoms with E-state index in [1.54, 1.807) is 62.5 Å². The van der Waals surface area contributed by atoms with Crippen LogP contribution in [0.1, 0.15) is 30.2 Å². The molecule has 1 fully saturated rings. The first kappa shape index (κ1) is 30.2. The normalized spacial score (nSPS) is 17.9. The van der Waals surface area contributed by atoms with Crippen molar-refractivity contribution in [2.24, 2.45) is 0 Å². The van der Waals surface area contributed by atoms with Crippen LogP contribution in [0.5, 0.6) is 5.75 Å². The van der Waals surface area contributed by atoms with Gasteiger partial charge < -0.3 is 19.9 Å². The lowest BCUT2D eigenvalue weighted by Gasteiger charge is -2.39. The van der Waals surface area contributed by atoms with Crippen molar-refractivity contribution in [1.29, 1.82) is 0 Å². The Bertz CT molecular complexity index is 2040. The van der Waals surface area contributed by atoms with Crippen molar-refractivity contribution in [3.05, 3.63) is 105 Å². The number of para-hydroxylation sites is 1. The molecule has 0 radical (unpaired) electrons. The standard InChI is InChI=1S/C35H32Cl2N6O3/c1-35(2)31(30(44)26-6-4-5-7-29(26)46-35)43-32-21(18-27(33(43)45)25-13-8-22(36)19-28(25)37)20-38-34(40-32)39-23-9-11-24(12-10-23)42-16-14-41(3)15-17-42/h4-13,18-20,31H,14-17H2,1-3H3,(H,38,39,40). The molecular formula is C35H32Cl2N6O3. The van der Waals surface area contributed by atoms with Gasteiger partial charge in [-0.25, -0.2) is 4.98 Å². The minimum absolute atomic E-state index is 0.248. The van der Waals surface area contributed by atoms with Crippen LogP contribution in [0.2, 0.25) is 10.0 Å². The van der Waals surface area contributed by atoms with Crippen molar-refractivity contribution in [2.45, 2.75) is 25.5 Å². The molecule has 11 heteroatoms. The average Bonchev–Trinajstić information content (AvgIpc) is 3.03. The Morgan fingerprint density at radius 2 is 1.63 bits per heavy atom. The fourth-order valence-corrected chi connectivity index (χ4v) is 6.77. The minimum Gasteiger partial charge on any atom is -0.484 e.